The average Bonchev–Trinajstić information content (AvgIpc) is 3.16. The molecule has 2 heterocycles. The highest BCUT2D eigenvalue weighted by molar-refractivity contribution is 6.00. The van der Waals surface area contributed by atoms with Crippen molar-refractivity contribution in [3.05, 3.63) is 53.7 Å². The Morgan fingerprint density at radius 1 is 1.21 bits per heavy atom. The van der Waals surface area contributed by atoms with Gasteiger partial charge in [0.25, 0.3) is 0 Å². The van der Waals surface area contributed by atoms with Crippen molar-refractivity contribution in [3.63, 3.8) is 0 Å². The molecule has 4 rings (SSSR count). The third-order valence-corrected chi connectivity index (χ3v) is 4.78. The number of nitrogens with zero attached hydrogens (tertiary/aromatic N) is 1. The molecule has 0 bridgehead atoms. The van der Waals surface area contributed by atoms with Crippen LogP contribution in [0.15, 0.2) is 40.8 Å². The highest BCUT2D eigenvalue weighted by Gasteiger charge is 2.32. The minimum absolute atomic E-state index is 0.146. The molecule has 0 aliphatic carbocycles. The maximum Gasteiger partial charge on any atom is 0.573 e. The number of halogens is 4. The van der Waals surface area contributed by atoms with Gasteiger partial charge in [-0.15, -0.1) is 13.2 Å². The van der Waals surface area contributed by atoms with Crippen LogP contribution in [0.3, 0.4) is 0 Å². The Balaban J connectivity index is 1.40. The number of hydrogen-bond acceptors (Lipinski definition) is 7. The number of fused-ring (bicyclic) bond motifs is 1. The Morgan fingerprint density at radius 2 is 2.00 bits per heavy atom. The molecule has 1 fully saturated rings. The van der Waals surface area contributed by atoms with Gasteiger partial charge in [-0.3, -0.25) is 20.2 Å². The van der Waals surface area contributed by atoms with Gasteiger partial charge in [0.05, 0.1) is 5.69 Å². The number of carbonyl (C=O) groups is 3. The summed E-state index contributed by atoms with van der Waals surface area (Å²) in [5.74, 6) is -3.13. The number of rotatable bonds is 5. The summed E-state index contributed by atoms with van der Waals surface area (Å²) in [7, 11) is 0. The summed E-state index contributed by atoms with van der Waals surface area (Å²) < 4.78 is 65.1. The van der Waals surface area contributed by atoms with Crippen molar-refractivity contribution in [2.75, 3.05) is 5.32 Å². The molecule has 1 aliphatic rings. The van der Waals surface area contributed by atoms with Crippen LogP contribution in [0, 0.1) is 5.82 Å². The van der Waals surface area contributed by atoms with Crippen LogP contribution in [0.4, 0.5) is 28.0 Å². The highest BCUT2D eigenvalue weighted by Crippen LogP contribution is 2.29. The molecular weight excluding hydrogens is 466 g/mol. The first-order valence-corrected chi connectivity index (χ1v) is 9.79. The Hall–Kier alpha value is -4.16. The number of oxazole rings is 1. The van der Waals surface area contributed by atoms with E-state index in [0.29, 0.717) is 28.8 Å². The van der Waals surface area contributed by atoms with Gasteiger partial charge in [-0.05, 0) is 36.2 Å². The number of nitrogens with one attached hydrogen (secondary N) is 2. The molecule has 1 aliphatic heterocycles. The van der Waals surface area contributed by atoms with Gasteiger partial charge in [-0.1, -0.05) is 6.07 Å². The standard InChI is InChI=1S/C21H15F4N3O6/c22-13-4-2-11(34-21(23,24)25)8-15(13)27-20(31)32-9-10-1-5-14-16(7-10)33-19(26-14)12-3-6-17(29)28-18(12)30/h1-2,4-5,7-8,12H,3,6,9H2,(H,27,31)(H,28,29,30). The summed E-state index contributed by atoms with van der Waals surface area (Å²) in [6.07, 6.45) is -5.67. The molecule has 1 saturated heterocycles. The molecule has 2 N–H and O–H groups in total. The van der Waals surface area contributed by atoms with Crippen LogP contribution in [0.2, 0.25) is 0 Å². The number of ether oxygens (including phenoxy) is 2. The van der Waals surface area contributed by atoms with Crippen LogP contribution >= 0.6 is 0 Å². The van der Waals surface area contributed by atoms with Gasteiger partial charge in [0, 0.05) is 12.5 Å². The number of amides is 3. The van der Waals surface area contributed by atoms with E-state index < -0.39 is 41.5 Å². The number of piperidine rings is 1. The Kier molecular flexibility index (Phi) is 6.09. The molecular formula is C21H15F4N3O6. The molecule has 9 nitrogen and oxygen atoms in total. The van der Waals surface area contributed by atoms with E-state index in [4.69, 9.17) is 9.15 Å². The van der Waals surface area contributed by atoms with Gasteiger partial charge in [0.2, 0.25) is 17.7 Å². The van der Waals surface area contributed by atoms with E-state index >= 15 is 0 Å². The molecule has 0 spiro atoms. The third kappa shape index (κ3) is 5.42. The number of anilines is 1. The Labute approximate surface area is 188 Å². The fraction of sp³-hybridized carbons (Fsp3) is 0.238. The topological polar surface area (TPSA) is 120 Å². The van der Waals surface area contributed by atoms with E-state index in [1.165, 1.54) is 6.07 Å². The molecule has 13 heteroatoms. The first-order valence-electron chi connectivity index (χ1n) is 9.79. The SMILES string of the molecule is O=C1CCC(c2nc3ccc(COC(=O)Nc4cc(OC(F)(F)F)ccc4F)cc3o2)C(=O)N1. The molecule has 0 radical (unpaired) electrons. The van der Waals surface area contributed by atoms with Crippen molar-refractivity contribution < 1.29 is 45.8 Å². The predicted octanol–water partition coefficient (Wildman–Crippen LogP) is 4.13. The quantitative estimate of drug-likeness (QED) is 0.415. The molecule has 1 atom stereocenters. The first-order chi connectivity index (χ1) is 16.1. The van der Waals surface area contributed by atoms with E-state index in [-0.39, 0.29) is 31.2 Å². The van der Waals surface area contributed by atoms with E-state index in [0.717, 1.165) is 6.07 Å². The molecule has 178 valence electrons. The van der Waals surface area contributed by atoms with Crippen LogP contribution in [0.1, 0.15) is 30.2 Å². The predicted molar refractivity (Wildman–Crippen MR) is 106 cm³/mol. The summed E-state index contributed by atoms with van der Waals surface area (Å²) in [6, 6.07) is 6.79. The summed E-state index contributed by atoms with van der Waals surface area (Å²) >= 11 is 0. The minimum atomic E-state index is -4.98. The van der Waals surface area contributed by atoms with Crippen LogP contribution in [0.5, 0.6) is 5.75 Å². The van der Waals surface area contributed by atoms with Crippen LogP contribution in [-0.2, 0) is 20.9 Å². The van der Waals surface area contributed by atoms with Gasteiger partial charge >= 0.3 is 12.5 Å². The second kappa shape index (κ2) is 9.00. The van der Waals surface area contributed by atoms with Crippen LogP contribution in [0.25, 0.3) is 11.1 Å². The van der Waals surface area contributed by atoms with Crippen molar-refractivity contribution in [1.29, 1.82) is 0 Å². The van der Waals surface area contributed by atoms with Gasteiger partial charge in [0.15, 0.2) is 5.58 Å². The number of imide groups is 1. The third-order valence-electron chi connectivity index (χ3n) is 4.78. The fourth-order valence-corrected chi connectivity index (χ4v) is 3.25. The fourth-order valence-electron chi connectivity index (χ4n) is 3.25. The van der Waals surface area contributed by atoms with Gasteiger partial charge in [0.1, 0.15) is 29.6 Å². The zero-order chi connectivity index (χ0) is 24.5. The summed E-state index contributed by atoms with van der Waals surface area (Å²) in [6.45, 7) is -0.281. The second-order valence-electron chi connectivity index (χ2n) is 7.25. The minimum Gasteiger partial charge on any atom is -0.444 e. The Morgan fingerprint density at radius 3 is 2.74 bits per heavy atom. The lowest BCUT2D eigenvalue weighted by molar-refractivity contribution is -0.274. The molecule has 3 aromatic rings. The number of hydrogen-bond donors (Lipinski definition) is 2. The number of aromatic nitrogens is 1. The summed E-state index contributed by atoms with van der Waals surface area (Å²) in [4.78, 5) is 39.6. The first kappa shape index (κ1) is 23.0. The van der Waals surface area contributed by atoms with Crippen molar-refractivity contribution in [3.8, 4) is 5.75 Å². The van der Waals surface area contributed by atoms with Gasteiger partial charge in [-0.25, -0.2) is 14.2 Å². The molecule has 1 aromatic heterocycles. The maximum atomic E-state index is 13.8. The number of benzene rings is 2. The van der Waals surface area contributed by atoms with E-state index in [9.17, 15) is 31.9 Å². The highest BCUT2D eigenvalue weighted by atomic mass is 19.4. The lowest BCUT2D eigenvalue weighted by atomic mass is 9.98. The molecule has 3 amide bonds. The molecule has 2 aromatic carbocycles. The van der Waals surface area contributed by atoms with Crippen molar-refractivity contribution >= 4 is 34.7 Å². The van der Waals surface area contributed by atoms with Crippen LogP contribution < -0.4 is 15.4 Å². The van der Waals surface area contributed by atoms with Gasteiger partial charge in [-0.2, -0.15) is 0 Å². The van der Waals surface area contributed by atoms with E-state index in [1.54, 1.807) is 12.1 Å². The molecule has 34 heavy (non-hydrogen) atoms. The van der Waals surface area contributed by atoms with E-state index in [2.05, 4.69) is 15.0 Å². The smallest absolute Gasteiger partial charge is 0.444 e. The lowest BCUT2D eigenvalue weighted by Crippen LogP contribution is -2.39. The Bertz CT molecular complexity index is 1270. The lowest BCUT2D eigenvalue weighted by Gasteiger charge is -2.17. The van der Waals surface area contributed by atoms with Crippen molar-refractivity contribution in [2.24, 2.45) is 0 Å². The average molecular weight is 481 g/mol. The molecule has 1 unspecified atom stereocenters. The number of alkyl halides is 3. The largest absolute Gasteiger partial charge is 0.573 e. The normalized spacial score (nSPS) is 16.3. The monoisotopic (exact) mass is 481 g/mol. The molecule has 0 saturated carbocycles. The zero-order valence-corrected chi connectivity index (χ0v) is 17.1. The van der Waals surface area contributed by atoms with E-state index in [1.807, 2.05) is 5.32 Å². The van der Waals surface area contributed by atoms with Gasteiger partial charge < -0.3 is 13.9 Å². The maximum absolute atomic E-state index is 13.8. The summed E-state index contributed by atoms with van der Waals surface area (Å²) in [5.41, 5.74) is 0.648. The zero-order valence-electron chi connectivity index (χ0n) is 17.1. The summed E-state index contributed by atoms with van der Waals surface area (Å²) in [5, 5.41) is 4.23. The van der Waals surface area contributed by atoms with Crippen molar-refractivity contribution in [1.82, 2.24) is 10.3 Å². The van der Waals surface area contributed by atoms with Crippen molar-refractivity contribution in [2.45, 2.75) is 31.7 Å². The second-order valence-corrected chi connectivity index (χ2v) is 7.25. The van der Waals surface area contributed by atoms with Crippen LogP contribution in [-0.4, -0.2) is 29.3 Å². The number of carbonyl (C=O) groups excluding carboxylic acids is 3.